The second-order valence-electron chi connectivity index (χ2n) is 31.6. The van der Waals surface area contributed by atoms with Crippen LogP contribution in [0.2, 0.25) is 0 Å². The van der Waals surface area contributed by atoms with Gasteiger partial charge in [0.15, 0.2) is 0 Å². The van der Waals surface area contributed by atoms with E-state index in [1.807, 2.05) is 122 Å². The Hall–Kier alpha value is -9.36. The highest BCUT2D eigenvalue weighted by atomic mass is 32.1. The van der Waals surface area contributed by atoms with Gasteiger partial charge in [0.2, 0.25) is 35.4 Å². The number of hydrogen-bond acceptors (Lipinski definition) is 15. The third kappa shape index (κ3) is 22.4. The van der Waals surface area contributed by atoms with Crippen LogP contribution in [0.4, 0.5) is 15.8 Å². The first kappa shape index (κ1) is 86.5. The molecule has 2 aliphatic heterocycles. The Morgan fingerprint density at radius 1 is 0.617 bits per heavy atom. The number of rotatable bonds is 32. The monoisotopic (exact) mass is 1590 g/mol. The largest absolute Gasteiger partial charge is 0.496 e. The fourth-order valence-corrected chi connectivity index (χ4v) is 17.6. The average molecular weight is 1600 g/mol. The van der Waals surface area contributed by atoms with Gasteiger partial charge in [0, 0.05) is 90.6 Å². The molecule has 2 saturated carbocycles. The number of nitrogens with zero attached hydrogens (tertiary/aromatic N) is 6. The molecule has 3 unspecified atom stereocenters. The van der Waals surface area contributed by atoms with Crippen molar-refractivity contribution in [1.82, 2.24) is 44.9 Å². The second-order valence-corrected chi connectivity index (χ2v) is 32.5. The molecule has 8 atom stereocenters. The zero-order valence-corrected chi connectivity index (χ0v) is 69.4. The van der Waals surface area contributed by atoms with Crippen LogP contribution in [0.3, 0.4) is 0 Å². The lowest BCUT2D eigenvalue weighted by Gasteiger charge is -2.35. The summed E-state index contributed by atoms with van der Waals surface area (Å²) in [5.41, 5.74) is 6.42. The number of aryl methyl sites for hydroxylation is 1. The first-order chi connectivity index (χ1) is 55.9. The van der Waals surface area contributed by atoms with E-state index in [0.29, 0.717) is 71.5 Å². The first-order valence-electron chi connectivity index (χ1n) is 42.1. The molecule has 22 nitrogen and oxygen atoms in total. The lowest BCUT2D eigenvalue weighted by molar-refractivity contribution is -0.140. The molecule has 0 spiro atoms. The van der Waals surface area contributed by atoms with E-state index in [2.05, 4.69) is 61.2 Å². The summed E-state index contributed by atoms with van der Waals surface area (Å²) in [6.45, 7) is 16.5. The first-order valence-corrected chi connectivity index (χ1v) is 43.0. The van der Waals surface area contributed by atoms with Gasteiger partial charge in [0.25, 0.3) is 5.56 Å². The fraction of sp³-hybridized carbons (Fsp3) is 0.527. The van der Waals surface area contributed by atoms with Gasteiger partial charge in [-0.3, -0.25) is 38.1 Å². The molecule has 6 amide bonds. The van der Waals surface area contributed by atoms with Gasteiger partial charge in [-0.1, -0.05) is 159 Å². The summed E-state index contributed by atoms with van der Waals surface area (Å²) in [5, 5.41) is 21.9. The van der Waals surface area contributed by atoms with E-state index >= 15 is 0 Å². The van der Waals surface area contributed by atoms with Gasteiger partial charge >= 0.3 is 0 Å². The molecule has 8 aromatic rings. The van der Waals surface area contributed by atoms with Crippen molar-refractivity contribution in [3.05, 3.63) is 159 Å². The third-order valence-electron chi connectivity index (χ3n) is 23.9. The van der Waals surface area contributed by atoms with Crippen molar-refractivity contribution in [3.8, 4) is 28.4 Å². The molecule has 5 aliphatic rings. The molecule has 5 heterocycles. The zero-order valence-electron chi connectivity index (χ0n) is 68.6. The Morgan fingerprint density at radius 2 is 1.23 bits per heavy atom. The van der Waals surface area contributed by atoms with Crippen LogP contribution in [0.5, 0.6) is 5.75 Å². The Balaban J connectivity index is 0.000000171. The van der Waals surface area contributed by atoms with Crippen LogP contribution in [0.1, 0.15) is 192 Å². The number of carbonyl (C=O) groups excluding carboxylic acids is 6. The van der Waals surface area contributed by atoms with E-state index in [1.165, 1.54) is 35.2 Å². The molecule has 0 bridgehead atoms. The number of carbonyl (C=O) groups is 6. The minimum absolute atomic E-state index is 0.00455. The van der Waals surface area contributed by atoms with E-state index in [9.17, 15) is 38.0 Å². The summed E-state index contributed by atoms with van der Waals surface area (Å²) in [5.74, 6) is 0.479. The lowest BCUT2D eigenvalue weighted by atomic mass is 9.83. The smallest absolute Gasteiger partial charge is 0.278 e. The third-order valence-corrected chi connectivity index (χ3v) is 24.9. The average Bonchev–Trinajstić information content (AvgIpc) is 1.68. The van der Waals surface area contributed by atoms with E-state index in [4.69, 9.17) is 23.9 Å². The van der Waals surface area contributed by atoms with Crippen molar-refractivity contribution in [2.24, 2.45) is 29.6 Å². The van der Waals surface area contributed by atoms with Crippen molar-refractivity contribution in [1.29, 1.82) is 0 Å². The number of aromatic nitrogens is 4. The van der Waals surface area contributed by atoms with Gasteiger partial charge in [-0.15, -0.1) is 11.3 Å². The van der Waals surface area contributed by atoms with Gasteiger partial charge in [-0.25, -0.2) is 14.4 Å². The second kappa shape index (κ2) is 43.0. The van der Waals surface area contributed by atoms with Crippen LogP contribution < -0.4 is 36.9 Å². The number of methoxy groups -OCH3 is 2. The molecule has 5 aromatic carbocycles. The number of halogens is 1. The fourth-order valence-electron chi connectivity index (χ4n) is 16.6. The highest BCUT2D eigenvalue weighted by Gasteiger charge is 2.42. The number of anilines is 2. The van der Waals surface area contributed by atoms with Gasteiger partial charge in [-0.05, 0) is 149 Å². The topological polar surface area (TPSA) is 259 Å². The molecule has 3 aliphatic carbocycles. The molecule has 4 fully saturated rings. The molecule has 0 radical (unpaired) electrons. The van der Waals surface area contributed by atoms with Crippen LogP contribution >= 0.6 is 11.3 Å². The van der Waals surface area contributed by atoms with E-state index in [1.54, 1.807) is 44.6 Å². The Bertz CT molecular complexity index is 4600. The molecule has 3 aromatic heterocycles. The Morgan fingerprint density at radius 3 is 1.91 bits per heavy atom. The molecule has 115 heavy (non-hydrogen) atoms. The number of ether oxygens (including phenoxy) is 4. The maximum Gasteiger partial charge on any atom is 0.278 e. The minimum atomic E-state index is -0.460. The van der Waals surface area contributed by atoms with Crippen LogP contribution in [-0.4, -0.2) is 149 Å². The molecule has 618 valence electrons. The number of benzene rings is 5. The lowest BCUT2D eigenvalue weighted by Crippen LogP contribution is -2.55. The summed E-state index contributed by atoms with van der Waals surface area (Å²) in [7, 11) is 3.33. The number of fused-ring (bicyclic) bond motifs is 3. The highest BCUT2D eigenvalue weighted by molar-refractivity contribution is 7.10. The summed E-state index contributed by atoms with van der Waals surface area (Å²) in [4.78, 5) is 106. The van der Waals surface area contributed by atoms with E-state index in [0.717, 1.165) is 170 Å². The van der Waals surface area contributed by atoms with E-state index in [-0.39, 0.29) is 101 Å². The van der Waals surface area contributed by atoms with Gasteiger partial charge in [-0.2, -0.15) is 0 Å². The number of likely N-dealkylation sites (tertiary alicyclic amines) is 2. The zero-order chi connectivity index (χ0) is 81.3. The van der Waals surface area contributed by atoms with Crippen molar-refractivity contribution in [2.75, 3.05) is 77.5 Å². The maximum absolute atomic E-state index is 14.2. The Labute approximate surface area is 681 Å². The van der Waals surface area contributed by atoms with Gasteiger partial charge in [0.1, 0.15) is 46.7 Å². The summed E-state index contributed by atoms with van der Waals surface area (Å²) < 4.78 is 39.3. The Kier molecular flexibility index (Phi) is 32.4. The van der Waals surface area contributed by atoms with E-state index < -0.39 is 17.6 Å². The summed E-state index contributed by atoms with van der Waals surface area (Å²) in [6, 6.07) is 33.5. The normalized spacial score (nSPS) is 18.4. The van der Waals surface area contributed by atoms with Crippen molar-refractivity contribution >= 4 is 79.8 Å². The molecule has 13 rings (SSSR count). The highest BCUT2D eigenvalue weighted by Crippen LogP contribution is 2.41. The molecular formula is C91H120FN11O11S. The SMILES string of the molecule is CC[C@@H](C)C(=O)N[C@H](C(=O)N1CCCC1CNc1cn(CCOCCOCCOC)c2cc(F)ccc12)C1CCCCC1.CC[C@@H](C)C(=O)N[C@H](C(=O)N1CCCC1c1nc(-c2ccc(OC)c3ccccc23)cs1)C1CCCCC1.CC[C@@H](C)C(=O)Nc1cnc(-c2ccccc2)n(CC(=O)NC2CCCc3ccccc32)c1=O. The van der Waals surface area contributed by atoms with Crippen LogP contribution in [-0.2, 0) is 62.5 Å². The quantitative estimate of drug-likeness (QED) is 0.0246. The molecule has 5 N–H and O–H groups in total. The molecular weight excluding hydrogens is 1470 g/mol. The number of hydrogen-bond donors (Lipinski definition) is 5. The van der Waals surface area contributed by atoms with Crippen molar-refractivity contribution < 1.29 is 52.1 Å². The van der Waals surface area contributed by atoms with Gasteiger partial charge in [0.05, 0.1) is 75.3 Å². The predicted octanol–water partition coefficient (Wildman–Crippen LogP) is 15.8. The maximum atomic E-state index is 14.2. The molecule has 24 heteroatoms. The minimum Gasteiger partial charge on any atom is -0.496 e. The summed E-state index contributed by atoms with van der Waals surface area (Å²) in [6.07, 6.45) is 22.9. The molecule has 2 saturated heterocycles. The number of thiazole rings is 1. The number of amides is 6. The van der Waals surface area contributed by atoms with Crippen molar-refractivity contribution in [3.63, 3.8) is 0 Å². The van der Waals surface area contributed by atoms with Crippen molar-refractivity contribution in [2.45, 2.75) is 213 Å². The predicted molar refractivity (Wildman–Crippen MR) is 452 cm³/mol. The summed E-state index contributed by atoms with van der Waals surface area (Å²) >= 11 is 1.63. The number of nitrogens with one attached hydrogen (secondary N) is 5. The van der Waals surface area contributed by atoms with Crippen LogP contribution in [0.25, 0.3) is 44.3 Å². The van der Waals surface area contributed by atoms with Crippen LogP contribution in [0, 0.1) is 35.4 Å². The standard InChI is InChI=1S/C33H51FN4O5.C31H39N3O3S.C27H30N4O3/c1-4-24(2)32(39)36-31(25-9-6-5-7-10-25)33(40)38-14-8-11-27(38)22-35-29-23-37(30-21-26(34)12-13-28(29)30)15-16-42-19-20-43-18-17-41-3;1-4-20(2)29(35)33-28(21-11-6-5-7-12-21)31(36)34-18-10-15-26(34)30-32-25(19-38-30)23-16-17-27(37-3)24-14-9-8-13-22(23)24;1-3-18(2)26(33)30-23-16-28-25(20-11-5-4-6-12-20)31(27(23)34)17-24(32)29-22-15-9-13-19-10-7-8-14-21(19)22/h12-13,21,23-25,27,31,35H,4-11,14-20,22H2,1-3H3,(H,36,39);8-9,13-14,16-17,19-21,26,28H,4-7,10-12,15,18H2,1-3H3,(H,33,35);4-8,10-12,14,16,18,22H,3,9,13,15,17H2,1-2H3,(H,29,32)(H,30,33)/t24-,27?,31+;20-,26?,28+;18-,22?/m111/s1. The van der Waals surface area contributed by atoms with Gasteiger partial charge < -0.3 is 59.9 Å². The van der Waals surface area contributed by atoms with Crippen LogP contribution in [0.15, 0.2) is 132 Å².